The molecule has 0 aliphatic carbocycles. The minimum Gasteiger partial charge on any atom is -0.493 e. The summed E-state index contributed by atoms with van der Waals surface area (Å²) in [6.07, 6.45) is 5.74. The molecule has 1 aliphatic heterocycles. The lowest BCUT2D eigenvalue weighted by Crippen LogP contribution is -2.38. The van der Waals surface area contributed by atoms with Gasteiger partial charge in [-0.15, -0.1) is 0 Å². The van der Waals surface area contributed by atoms with Crippen molar-refractivity contribution in [3.05, 3.63) is 47.7 Å². The van der Waals surface area contributed by atoms with Crippen LogP contribution in [0.2, 0.25) is 0 Å². The number of benzene rings is 2. The second-order valence-corrected chi connectivity index (χ2v) is 9.27. The number of hydrogen-bond acceptors (Lipinski definition) is 5. The Hall–Kier alpha value is -3.41. The number of piperidine rings is 1. The van der Waals surface area contributed by atoms with Crippen LogP contribution in [0, 0.1) is 12.8 Å². The molecular formula is C29H35NO5. The van der Waals surface area contributed by atoms with E-state index in [1.807, 2.05) is 43.9 Å². The summed E-state index contributed by atoms with van der Waals surface area (Å²) in [7, 11) is 3.25. The molecule has 1 fully saturated rings. The maximum Gasteiger partial charge on any atom is 0.246 e. The van der Waals surface area contributed by atoms with E-state index in [2.05, 4.69) is 13.0 Å². The molecule has 1 aliphatic rings. The maximum atomic E-state index is 13.1. The molecule has 1 atom stereocenters. The number of rotatable bonds is 7. The molecule has 35 heavy (non-hydrogen) atoms. The Balaban J connectivity index is 1.81. The van der Waals surface area contributed by atoms with Gasteiger partial charge in [0, 0.05) is 41.2 Å². The normalized spacial score (nSPS) is 16.5. The minimum absolute atomic E-state index is 0.0570. The van der Waals surface area contributed by atoms with Gasteiger partial charge in [0.05, 0.1) is 27.1 Å². The van der Waals surface area contributed by atoms with Crippen molar-refractivity contribution in [2.24, 2.45) is 5.92 Å². The van der Waals surface area contributed by atoms with E-state index in [0.29, 0.717) is 24.0 Å². The van der Waals surface area contributed by atoms with Crippen LogP contribution in [0.15, 0.2) is 41.0 Å². The van der Waals surface area contributed by atoms with E-state index in [9.17, 15) is 4.79 Å². The molecule has 1 aromatic heterocycles. The van der Waals surface area contributed by atoms with Gasteiger partial charge in [-0.2, -0.15) is 0 Å². The fourth-order valence-corrected chi connectivity index (χ4v) is 4.91. The summed E-state index contributed by atoms with van der Waals surface area (Å²) in [5, 5.41) is 0.958. The lowest BCUT2D eigenvalue weighted by Gasteiger charge is -2.30. The lowest BCUT2D eigenvalue weighted by molar-refractivity contribution is -0.127. The number of fused-ring (bicyclic) bond motifs is 1. The Morgan fingerprint density at radius 1 is 1.20 bits per heavy atom. The number of likely N-dealkylation sites (tertiary alicyclic amines) is 1. The average Bonchev–Trinajstić information content (AvgIpc) is 3.29. The molecule has 1 unspecified atom stereocenters. The second kappa shape index (κ2) is 10.5. The first kappa shape index (κ1) is 24.7. The predicted octanol–water partition coefficient (Wildman–Crippen LogP) is 6.49. The first-order valence-electron chi connectivity index (χ1n) is 12.2. The van der Waals surface area contributed by atoms with Crippen molar-refractivity contribution in [3.63, 3.8) is 0 Å². The third-order valence-corrected chi connectivity index (χ3v) is 6.76. The molecule has 6 nitrogen and oxygen atoms in total. The number of nitrogens with zero attached hydrogens (tertiary/aromatic N) is 1. The Labute approximate surface area is 207 Å². The minimum atomic E-state index is 0.0570. The summed E-state index contributed by atoms with van der Waals surface area (Å²) < 4.78 is 23.0. The van der Waals surface area contributed by atoms with Gasteiger partial charge in [0.25, 0.3) is 0 Å². The zero-order chi connectivity index (χ0) is 25.1. The van der Waals surface area contributed by atoms with Gasteiger partial charge < -0.3 is 23.5 Å². The number of furan rings is 1. The van der Waals surface area contributed by atoms with Gasteiger partial charge in [0.15, 0.2) is 11.5 Å². The van der Waals surface area contributed by atoms with E-state index in [-0.39, 0.29) is 5.91 Å². The van der Waals surface area contributed by atoms with Gasteiger partial charge in [-0.3, -0.25) is 4.79 Å². The summed E-state index contributed by atoms with van der Waals surface area (Å²) in [5.41, 5.74) is 5.36. The number of aryl methyl sites for hydroxylation is 1. The lowest BCUT2D eigenvalue weighted by atomic mass is 9.96. The third-order valence-electron chi connectivity index (χ3n) is 6.76. The van der Waals surface area contributed by atoms with Gasteiger partial charge >= 0.3 is 0 Å². The van der Waals surface area contributed by atoms with Crippen LogP contribution in [0.25, 0.3) is 27.7 Å². The molecule has 3 aromatic rings. The van der Waals surface area contributed by atoms with Crippen LogP contribution in [0.4, 0.5) is 0 Å². The van der Waals surface area contributed by atoms with Crippen molar-refractivity contribution < 1.29 is 23.4 Å². The number of methoxy groups -OCH3 is 2. The van der Waals surface area contributed by atoms with Gasteiger partial charge in [-0.25, -0.2) is 0 Å². The predicted molar refractivity (Wildman–Crippen MR) is 139 cm³/mol. The maximum absolute atomic E-state index is 13.1. The van der Waals surface area contributed by atoms with E-state index < -0.39 is 0 Å². The Kier molecular flexibility index (Phi) is 7.39. The molecular weight excluding hydrogens is 442 g/mol. The molecule has 186 valence electrons. The summed E-state index contributed by atoms with van der Waals surface area (Å²) >= 11 is 0. The van der Waals surface area contributed by atoms with Gasteiger partial charge in [0.2, 0.25) is 5.91 Å². The summed E-state index contributed by atoms with van der Waals surface area (Å²) in [6.45, 7) is 10.3. The average molecular weight is 478 g/mol. The number of carbonyl (C=O) groups excluding carboxylic acids is 1. The van der Waals surface area contributed by atoms with Crippen LogP contribution in [-0.2, 0) is 4.79 Å². The van der Waals surface area contributed by atoms with E-state index >= 15 is 0 Å². The highest BCUT2D eigenvalue weighted by molar-refractivity contribution is 6.02. The Morgan fingerprint density at radius 2 is 1.97 bits per heavy atom. The van der Waals surface area contributed by atoms with Crippen LogP contribution < -0.4 is 14.2 Å². The van der Waals surface area contributed by atoms with Crippen molar-refractivity contribution in [1.82, 2.24) is 4.90 Å². The highest BCUT2D eigenvalue weighted by Gasteiger charge is 2.22. The summed E-state index contributed by atoms with van der Waals surface area (Å²) in [6, 6.07) is 7.89. The quantitative estimate of drug-likeness (QED) is 0.364. The van der Waals surface area contributed by atoms with Crippen LogP contribution in [-0.4, -0.2) is 44.7 Å². The fraction of sp³-hybridized carbons (Fsp3) is 0.414. The van der Waals surface area contributed by atoms with E-state index in [0.717, 1.165) is 64.1 Å². The third kappa shape index (κ3) is 4.88. The summed E-state index contributed by atoms with van der Waals surface area (Å²) in [4.78, 5) is 15.0. The zero-order valence-corrected chi connectivity index (χ0v) is 21.6. The van der Waals surface area contributed by atoms with Crippen molar-refractivity contribution >= 4 is 22.4 Å². The van der Waals surface area contributed by atoms with Crippen molar-refractivity contribution in [2.75, 3.05) is 33.9 Å². The molecule has 0 radical (unpaired) electrons. The first-order valence-corrected chi connectivity index (χ1v) is 12.2. The topological polar surface area (TPSA) is 61.1 Å². The number of amides is 1. The Morgan fingerprint density at radius 3 is 2.66 bits per heavy atom. The molecule has 2 heterocycles. The smallest absolute Gasteiger partial charge is 0.246 e. The van der Waals surface area contributed by atoms with Crippen LogP contribution in [0.5, 0.6) is 17.2 Å². The zero-order valence-electron chi connectivity index (χ0n) is 21.6. The second-order valence-electron chi connectivity index (χ2n) is 9.27. The van der Waals surface area contributed by atoms with Crippen molar-refractivity contribution in [3.8, 4) is 28.4 Å². The van der Waals surface area contributed by atoms with Crippen LogP contribution in [0.3, 0.4) is 0 Å². The van der Waals surface area contributed by atoms with Gasteiger partial charge in [-0.05, 0) is 68.9 Å². The first-order chi connectivity index (χ1) is 16.9. The van der Waals surface area contributed by atoms with Crippen molar-refractivity contribution in [2.45, 2.75) is 40.5 Å². The molecule has 0 saturated carbocycles. The van der Waals surface area contributed by atoms with Gasteiger partial charge in [0.1, 0.15) is 11.3 Å². The standard InChI is InChI=1S/C29H35NO5/c1-7-34-28-20(4)29-23(24(17-35-29)21-10-11-25(32-5)26(14-21)33-6)15-22(28)19(3)13-27(31)30-12-8-9-18(2)16-30/h10-11,13-15,17-18H,7-9,12,16H2,1-6H3/b19-13+. The molecule has 6 heteroatoms. The number of ether oxygens (including phenoxy) is 3. The SMILES string of the molecule is CCOc1c(/C(C)=C/C(=O)N2CCCC(C)C2)cc2c(-c3ccc(OC)c(OC)c3)coc2c1C. The summed E-state index contributed by atoms with van der Waals surface area (Å²) in [5.74, 6) is 2.67. The molecule has 1 amide bonds. The van der Waals surface area contributed by atoms with Crippen LogP contribution >= 0.6 is 0 Å². The Bertz CT molecular complexity index is 1260. The molecule has 0 bridgehead atoms. The largest absolute Gasteiger partial charge is 0.493 e. The highest BCUT2D eigenvalue weighted by Crippen LogP contribution is 2.42. The molecule has 2 aromatic carbocycles. The van der Waals surface area contributed by atoms with Crippen LogP contribution in [0.1, 0.15) is 44.7 Å². The highest BCUT2D eigenvalue weighted by atomic mass is 16.5. The van der Waals surface area contributed by atoms with E-state index in [1.54, 1.807) is 26.6 Å². The molecule has 1 saturated heterocycles. The number of allylic oxidation sites excluding steroid dienone is 1. The monoisotopic (exact) mass is 477 g/mol. The van der Waals surface area contributed by atoms with E-state index in [4.69, 9.17) is 18.6 Å². The molecule has 0 N–H and O–H groups in total. The van der Waals surface area contributed by atoms with Gasteiger partial charge in [-0.1, -0.05) is 13.0 Å². The van der Waals surface area contributed by atoms with E-state index in [1.165, 1.54) is 6.42 Å². The molecule has 4 rings (SSSR count). The fourth-order valence-electron chi connectivity index (χ4n) is 4.91. The number of hydrogen-bond donors (Lipinski definition) is 0. The van der Waals surface area contributed by atoms with Crippen molar-refractivity contribution in [1.29, 1.82) is 0 Å². The molecule has 0 spiro atoms. The number of carbonyl (C=O) groups is 1.